The molecule has 2 amide bonds. The number of nitrogens with zero attached hydrogens (tertiary/aromatic N) is 2. The van der Waals surface area contributed by atoms with Crippen LogP contribution in [0, 0.1) is 0 Å². The van der Waals surface area contributed by atoms with Gasteiger partial charge >= 0.3 is 6.03 Å². The number of morpholine rings is 1. The van der Waals surface area contributed by atoms with Crippen LogP contribution in [0.1, 0.15) is 20.3 Å². The molecule has 0 aliphatic carbocycles. The summed E-state index contributed by atoms with van der Waals surface area (Å²) < 4.78 is 5.39. The second kappa shape index (κ2) is 7.01. The SMILES string of the molecule is CC[C@](C)(CNC(=O)Nc1nccs1)N1CCOCC1. The zero-order valence-corrected chi connectivity index (χ0v) is 12.8. The maximum absolute atomic E-state index is 11.9. The van der Waals surface area contributed by atoms with Gasteiger partial charge in [-0.25, -0.2) is 9.78 Å². The van der Waals surface area contributed by atoms with Crippen LogP contribution in [-0.2, 0) is 4.74 Å². The number of hydrogen-bond acceptors (Lipinski definition) is 5. The summed E-state index contributed by atoms with van der Waals surface area (Å²) in [5.74, 6) is 0. The van der Waals surface area contributed by atoms with Crippen molar-refractivity contribution in [3.8, 4) is 0 Å². The largest absolute Gasteiger partial charge is 0.379 e. The predicted octanol–water partition coefficient (Wildman–Crippen LogP) is 1.77. The van der Waals surface area contributed by atoms with Crippen LogP contribution in [0.2, 0.25) is 0 Å². The van der Waals surface area contributed by atoms with Gasteiger partial charge in [-0.1, -0.05) is 6.92 Å². The Bertz CT molecular complexity index is 420. The van der Waals surface area contributed by atoms with Gasteiger partial charge < -0.3 is 10.1 Å². The van der Waals surface area contributed by atoms with E-state index in [1.54, 1.807) is 6.20 Å². The van der Waals surface area contributed by atoms with E-state index in [0.717, 1.165) is 32.7 Å². The van der Waals surface area contributed by atoms with Gasteiger partial charge in [0.2, 0.25) is 0 Å². The van der Waals surface area contributed by atoms with Gasteiger partial charge in [0.1, 0.15) is 0 Å². The first-order chi connectivity index (χ1) is 9.64. The molecule has 0 spiro atoms. The van der Waals surface area contributed by atoms with Gasteiger partial charge in [0.15, 0.2) is 5.13 Å². The Morgan fingerprint density at radius 1 is 1.55 bits per heavy atom. The Morgan fingerprint density at radius 3 is 2.90 bits per heavy atom. The maximum atomic E-state index is 11.9. The van der Waals surface area contributed by atoms with Crippen LogP contribution < -0.4 is 10.6 Å². The van der Waals surface area contributed by atoms with E-state index < -0.39 is 0 Å². The topological polar surface area (TPSA) is 66.5 Å². The normalized spacial score (nSPS) is 19.3. The Hall–Kier alpha value is -1.18. The van der Waals surface area contributed by atoms with E-state index in [4.69, 9.17) is 4.74 Å². The number of amides is 2. The highest BCUT2D eigenvalue weighted by molar-refractivity contribution is 7.13. The van der Waals surface area contributed by atoms with Gasteiger partial charge in [0.05, 0.1) is 13.2 Å². The summed E-state index contributed by atoms with van der Waals surface area (Å²) in [6, 6.07) is -0.201. The Balaban J connectivity index is 1.84. The molecule has 2 rings (SSSR count). The molecule has 112 valence electrons. The lowest BCUT2D eigenvalue weighted by atomic mass is 9.95. The third kappa shape index (κ3) is 3.91. The molecule has 20 heavy (non-hydrogen) atoms. The summed E-state index contributed by atoms with van der Waals surface area (Å²) in [6.45, 7) is 8.31. The third-order valence-corrected chi connectivity index (χ3v) is 4.51. The predicted molar refractivity (Wildman–Crippen MR) is 80.2 cm³/mol. The number of rotatable bonds is 5. The Morgan fingerprint density at radius 2 is 2.30 bits per heavy atom. The maximum Gasteiger partial charge on any atom is 0.321 e. The molecule has 0 aromatic carbocycles. The second-order valence-electron chi connectivity index (χ2n) is 5.09. The molecule has 1 aliphatic heterocycles. The number of anilines is 1. The van der Waals surface area contributed by atoms with Crippen molar-refractivity contribution in [3.05, 3.63) is 11.6 Å². The lowest BCUT2D eigenvalue weighted by Gasteiger charge is -2.42. The lowest BCUT2D eigenvalue weighted by Crippen LogP contribution is -2.57. The van der Waals surface area contributed by atoms with Crippen molar-refractivity contribution in [3.63, 3.8) is 0 Å². The minimum Gasteiger partial charge on any atom is -0.379 e. The first-order valence-corrected chi connectivity index (χ1v) is 7.79. The quantitative estimate of drug-likeness (QED) is 0.869. The van der Waals surface area contributed by atoms with Crippen molar-refractivity contribution in [2.75, 3.05) is 38.2 Å². The van der Waals surface area contributed by atoms with Gasteiger partial charge in [-0.2, -0.15) is 0 Å². The van der Waals surface area contributed by atoms with E-state index >= 15 is 0 Å². The molecule has 1 aromatic rings. The fourth-order valence-electron chi connectivity index (χ4n) is 2.26. The number of hydrogen-bond donors (Lipinski definition) is 2. The number of carbonyl (C=O) groups is 1. The average molecular weight is 298 g/mol. The summed E-state index contributed by atoms with van der Waals surface area (Å²) >= 11 is 1.41. The molecule has 2 N–H and O–H groups in total. The Labute approximate surface area is 123 Å². The van der Waals surface area contributed by atoms with Gasteiger partial charge in [-0.15, -0.1) is 11.3 Å². The molecule has 0 saturated carbocycles. The van der Waals surface area contributed by atoms with Crippen LogP contribution in [0.25, 0.3) is 0 Å². The number of nitrogens with one attached hydrogen (secondary N) is 2. The molecule has 0 unspecified atom stereocenters. The van der Waals surface area contributed by atoms with E-state index in [2.05, 4.69) is 34.4 Å². The molecule has 1 fully saturated rings. The summed E-state index contributed by atoms with van der Waals surface area (Å²) in [7, 11) is 0. The summed E-state index contributed by atoms with van der Waals surface area (Å²) in [6.07, 6.45) is 2.65. The molecular formula is C13H22N4O2S. The number of carbonyl (C=O) groups excluding carboxylic acids is 1. The molecule has 2 heterocycles. The van der Waals surface area contributed by atoms with Crippen LogP contribution in [0.5, 0.6) is 0 Å². The number of thiazole rings is 1. The van der Waals surface area contributed by atoms with Crippen molar-refractivity contribution < 1.29 is 9.53 Å². The van der Waals surface area contributed by atoms with Gasteiger partial charge in [-0.3, -0.25) is 10.2 Å². The smallest absolute Gasteiger partial charge is 0.321 e. The van der Waals surface area contributed by atoms with Crippen molar-refractivity contribution in [2.45, 2.75) is 25.8 Å². The molecule has 6 nitrogen and oxygen atoms in total. The highest BCUT2D eigenvalue weighted by Crippen LogP contribution is 2.20. The molecule has 1 aromatic heterocycles. The highest BCUT2D eigenvalue weighted by atomic mass is 32.1. The summed E-state index contributed by atoms with van der Waals surface area (Å²) in [5, 5.41) is 8.13. The highest BCUT2D eigenvalue weighted by Gasteiger charge is 2.31. The zero-order chi connectivity index (χ0) is 14.4. The van der Waals surface area contributed by atoms with Crippen LogP contribution >= 0.6 is 11.3 Å². The molecule has 0 radical (unpaired) electrons. The van der Waals surface area contributed by atoms with E-state index in [1.807, 2.05) is 5.38 Å². The monoisotopic (exact) mass is 298 g/mol. The van der Waals surface area contributed by atoms with Crippen molar-refractivity contribution in [1.82, 2.24) is 15.2 Å². The van der Waals surface area contributed by atoms with Crippen LogP contribution in [0.3, 0.4) is 0 Å². The van der Waals surface area contributed by atoms with Crippen molar-refractivity contribution in [1.29, 1.82) is 0 Å². The second-order valence-corrected chi connectivity index (χ2v) is 5.99. The van der Waals surface area contributed by atoms with E-state index in [9.17, 15) is 4.79 Å². The number of urea groups is 1. The molecule has 1 atom stereocenters. The number of aromatic nitrogens is 1. The summed E-state index contributed by atoms with van der Waals surface area (Å²) in [4.78, 5) is 18.3. The first-order valence-electron chi connectivity index (χ1n) is 6.91. The molecule has 1 aliphatic rings. The molecule has 7 heteroatoms. The van der Waals surface area contributed by atoms with Crippen LogP contribution in [0.15, 0.2) is 11.6 Å². The van der Waals surface area contributed by atoms with Crippen LogP contribution in [0.4, 0.5) is 9.93 Å². The average Bonchev–Trinajstić information content (AvgIpc) is 2.98. The molecular weight excluding hydrogens is 276 g/mol. The zero-order valence-electron chi connectivity index (χ0n) is 12.0. The molecule has 0 bridgehead atoms. The van der Waals surface area contributed by atoms with E-state index in [-0.39, 0.29) is 11.6 Å². The lowest BCUT2D eigenvalue weighted by molar-refractivity contribution is -0.0163. The Kier molecular flexibility index (Phi) is 5.33. The number of ether oxygens (including phenoxy) is 1. The molecule has 1 saturated heterocycles. The van der Waals surface area contributed by atoms with E-state index in [1.165, 1.54) is 11.3 Å². The fourth-order valence-corrected chi connectivity index (χ4v) is 2.78. The standard InChI is InChI=1S/C13H22N4O2S/c1-3-13(2,17-5-7-19-8-6-17)10-15-11(18)16-12-14-4-9-20-12/h4,9H,3,5-8,10H2,1-2H3,(H2,14,15,16,18)/t13-/m1/s1. The van der Waals surface area contributed by atoms with Gasteiger partial charge in [-0.05, 0) is 13.3 Å². The third-order valence-electron chi connectivity index (χ3n) is 3.82. The summed E-state index contributed by atoms with van der Waals surface area (Å²) in [5.41, 5.74) is -0.0377. The minimum atomic E-state index is -0.201. The van der Waals surface area contributed by atoms with E-state index in [0.29, 0.717) is 11.7 Å². The minimum absolute atomic E-state index is 0.0377. The fraction of sp³-hybridized carbons (Fsp3) is 0.692. The van der Waals surface area contributed by atoms with Gasteiger partial charge in [0.25, 0.3) is 0 Å². The van der Waals surface area contributed by atoms with Crippen molar-refractivity contribution in [2.24, 2.45) is 0 Å². The van der Waals surface area contributed by atoms with Crippen molar-refractivity contribution >= 4 is 22.5 Å². The van der Waals surface area contributed by atoms with Crippen LogP contribution in [-0.4, -0.2) is 54.3 Å². The first kappa shape index (κ1) is 15.2. The van der Waals surface area contributed by atoms with Gasteiger partial charge in [0, 0.05) is 36.8 Å².